The van der Waals surface area contributed by atoms with Crippen LogP contribution in [0.15, 0.2) is 273 Å². The molecule has 0 unspecified atom stereocenters. The van der Waals surface area contributed by atoms with Crippen molar-refractivity contribution in [2.45, 2.75) is 13.8 Å². The number of thiophene rings is 1. The molecule has 0 aliphatic heterocycles. The summed E-state index contributed by atoms with van der Waals surface area (Å²) >= 11 is 1.87. The number of hydrogen-bond acceptors (Lipinski definition) is 3. The normalized spacial score (nSPS) is 11.2. The second kappa shape index (κ2) is 19.4. The molecular weight excluding hydrogens is 891 g/mol. The van der Waals surface area contributed by atoms with Gasteiger partial charge in [-0.3, -0.25) is 0 Å². The van der Waals surface area contributed by atoms with E-state index < -0.39 is 0 Å². The maximum Gasteiger partial charge on any atom is 0.0548 e. The van der Waals surface area contributed by atoms with Crippen molar-refractivity contribution in [2.75, 3.05) is 9.80 Å². The largest absolute Gasteiger partial charge is 0.310 e. The Bertz CT molecular complexity index is 3970. The third-order valence-electron chi connectivity index (χ3n) is 13.6. The number of anilines is 6. The molecule has 0 saturated heterocycles. The lowest BCUT2D eigenvalue weighted by Gasteiger charge is -2.29. The van der Waals surface area contributed by atoms with Gasteiger partial charge in [0.2, 0.25) is 0 Å². The Hall–Kier alpha value is -8.96. The van der Waals surface area contributed by atoms with E-state index in [0.29, 0.717) is 0 Å². The fourth-order valence-electron chi connectivity index (χ4n) is 10.4. The van der Waals surface area contributed by atoms with Crippen LogP contribution in [0.25, 0.3) is 81.0 Å². The summed E-state index contributed by atoms with van der Waals surface area (Å²) < 4.78 is 5.03. The Morgan fingerprint density at radius 3 is 1.47 bits per heavy atom. The number of fused-ring (bicyclic) bond motifs is 7. The molecule has 2 heterocycles. The molecule has 72 heavy (non-hydrogen) atoms. The fourth-order valence-corrected chi connectivity index (χ4v) is 11.5. The van der Waals surface area contributed by atoms with Crippen molar-refractivity contribution in [3.8, 4) is 39.1 Å². The molecule has 2 aromatic heterocycles. The highest BCUT2D eigenvalue weighted by Gasteiger charge is 2.23. The molecule has 13 rings (SSSR count). The van der Waals surface area contributed by atoms with Crippen LogP contribution < -0.4 is 9.80 Å². The van der Waals surface area contributed by atoms with E-state index in [9.17, 15) is 0 Å². The Morgan fingerprint density at radius 2 is 0.792 bits per heavy atom. The zero-order valence-electron chi connectivity index (χ0n) is 40.2. The molecule has 11 aromatic carbocycles. The molecule has 0 N–H and O–H groups in total. The summed E-state index contributed by atoms with van der Waals surface area (Å²) in [5.41, 5.74) is 17.0. The van der Waals surface area contributed by atoms with Gasteiger partial charge >= 0.3 is 0 Å². The molecule has 0 atom stereocenters. The van der Waals surface area contributed by atoms with Crippen LogP contribution in [0.2, 0.25) is 0 Å². The summed E-state index contributed by atoms with van der Waals surface area (Å²) in [4.78, 5) is 4.80. The maximum atomic E-state index is 2.44. The molecule has 0 bridgehead atoms. The summed E-state index contributed by atoms with van der Waals surface area (Å²) in [7, 11) is 0. The maximum absolute atomic E-state index is 2.44. The van der Waals surface area contributed by atoms with Crippen LogP contribution in [-0.4, -0.2) is 4.57 Å². The highest BCUT2D eigenvalue weighted by molar-refractivity contribution is 7.26. The Balaban J connectivity index is 0.00000262. The molecule has 13 aromatic rings. The fraction of sp³-hybridized carbons (Fsp3) is 0.0294. The van der Waals surface area contributed by atoms with Gasteiger partial charge in [-0.1, -0.05) is 184 Å². The number of benzene rings is 11. The first-order valence-corrected chi connectivity index (χ1v) is 25.6. The van der Waals surface area contributed by atoms with Crippen LogP contribution in [0.4, 0.5) is 34.1 Å². The van der Waals surface area contributed by atoms with Crippen LogP contribution in [0.1, 0.15) is 13.8 Å². The van der Waals surface area contributed by atoms with Gasteiger partial charge in [-0.05, 0) is 131 Å². The van der Waals surface area contributed by atoms with Crippen molar-refractivity contribution in [1.29, 1.82) is 0 Å². The van der Waals surface area contributed by atoms with Gasteiger partial charge in [0.1, 0.15) is 0 Å². The summed E-state index contributed by atoms with van der Waals surface area (Å²) in [5.74, 6) is 0. The summed E-state index contributed by atoms with van der Waals surface area (Å²) in [6, 6.07) is 99.0. The predicted molar refractivity (Wildman–Crippen MR) is 311 cm³/mol. The summed E-state index contributed by atoms with van der Waals surface area (Å²) in [6.07, 6.45) is 0. The molecule has 0 radical (unpaired) electrons. The van der Waals surface area contributed by atoms with Gasteiger partial charge in [0.15, 0.2) is 0 Å². The molecule has 0 spiro atoms. The molecule has 4 heteroatoms. The van der Waals surface area contributed by atoms with E-state index in [2.05, 4.69) is 287 Å². The molecule has 0 saturated carbocycles. The second-order valence-electron chi connectivity index (χ2n) is 17.7. The minimum Gasteiger partial charge on any atom is -0.310 e. The van der Waals surface area contributed by atoms with E-state index in [-0.39, 0.29) is 0 Å². The molecule has 344 valence electrons. The zero-order chi connectivity index (χ0) is 48.4. The topological polar surface area (TPSA) is 11.4 Å². The van der Waals surface area contributed by atoms with Gasteiger partial charge in [0, 0.05) is 70.6 Å². The summed E-state index contributed by atoms with van der Waals surface area (Å²) in [6.45, 7) is 4.00. The molecule has 3 nitrogen and oxygen atoms in total. The molecular formula is C68H51N3S. The van der Waals surface area contributed by atoms with Crippen LogP contribution in [0.3, 0.4) is 0 Å². The monoisotopic (exact) mass is 941 g/mol. The van der Waals surface area contributed by atoms with Crippen LogP contribution in [0, 0.1) is 0 Å². The number of nitrogens with zero attached hydrogens (tertiary/aromatic N) is 3. The minimum absolute atomic E-state index is 1.07. The van der Waals surface area contributed by atoms with Crippen molar-refractivity contribution in [2.24, 2.45) is 0 Å². The van der Waals surface area contributed by atoms with E-state index in [1.165, 1.54) is 64.2 Å². The first kappa shape index (κ1) is 44.3. The minimum atomic E-state index is 1.07. The van der Waals surface area contributed by atoms with Gasteiger partial charge < -0.3 is 14.4 Å². The number of hydrogen-bond donors (Lipinski definition) is 0. The Labute approximate surface area is 425 Å². The van der Waals surface area contributed by atoms with Crippen LogP contribution in [0.5, 0.6) is 0 Å². The van der Waals surface area contributed by atoms with E-state index in [1.807, 2.05) is 25.2 Å². The highest BCUT2D eigenvalue weighted by atomic mass is 32.1. The van der Waals surface area contributed by atoms with Crippen molar-refractivity contribution in [1.82, 2.24) is 4.57 Å². The molecule has 0 aliphatic rings. The van der Waals surface area contributed by atoms with Crippen molar-refractivity contribution in [3.63, 3.8) is 0 Å². The Kier molecular flexibility index (Phi) is 12.0. The third kappa shape index (κ3) is 8.08. The number of rotatable bonds is 10. The first-order valence-electron chi connectivity index (χ1n) is 24.8. The van der Waals surface area contributed by atoms with Crippen LogP contribution in [-0.2, 0) is 0 Å². The van der Waals surface area contributed by atoms with Crippen molar-refractivity contribution >= 4 is 87.4 Å². The zero-order valence-corrected chi connectivity index (χ0v) is 41.0. The highest BCUT2D eigenvalue weighted by Crippen LogP contribution is 2.47. The molecule has 0 aliphatic carbocycles. The average Bonchev–Trinajstić information content (AvgIpc) is 4.01. The quantitative estimate of drug-likeness (QED) is 0.135. The van der Waals surface area contributed by atoms with E-state index in [0.717, 1.165) is 50.9 Å². The van der Waals surface area contributed by atoms with Crippen LogP contribution >= 0.6 is 11.3 Å². The van der Waals surface area contributed by atoms with Gasteiger partial charge in [-0.2, -0.15) is 0 Å². The average molecular weight is 942 g/mol. The predicted octanol–water partition coefficient (Wildman–Crippen LogP) is 20.1. The van der Waals surface area contributed by atoms with Crippen molar-refractivity contribution < 1.29 is 0 Å². The smallest absolute Gasteiger partial charge is 0.0548 e. The second-order valence-corrected chi connectivity index (χ2v) is 18.8. The SMILES string of the molecule is CC.c1ccc(-c2ccc(N(c3cccc(-c4ccccc4N(c4ccccc4)c4ccc(-c5ccccc5)cc4)c3)c3ccc4c(c3)c3c5c(ccc3n4-c3ccccc3)sc3ccccc35)cc2)cc1. The van der Waals surface area contributed by atoms with Gasteiger partial charge in [-0.25, -0.2) is 0 Å². The van der Waals surface area contributed by atoms with Gasteiger partial charge in [-0.15, -0.1) is 11.3 Å². The lowest BCUT2D eigenvalue weighted by Crippen LogP contribution is -2.12. The standard InChI is InChI=1S/C66H45N3S.C2H6/c1-5-18-46(19-6-1)48-32-36-53(37-33-48)67(56-40-41-61-59(45-56)65-62(69(61)52-25-11-4-12-26-52)42-43-64-66(65)58-29-14-16-31-63(58)70-64)55-27-17-22-50(44-55)57-28-13-15-30-60(57)68(51-23-9-3-10-24-51)54-38-34-49(35-39-54)47-20-7-2-8-21-47;1-2/h1-45H;1-2H3. The molecule has 0 amide bonds. The lowest BCUT2D eigenvalue weighted by molar-refractivity contribution is 1.18. The Morgan fingerprint density at radius 1 is 0.306 bits per heavy atom. The molecule has 0 fully saturated rings. The third-order valence-corrected chi connectivity index (χ3v) is 14.7. The number of aromatic nitrogens is 1. The summed E-state index contributed by atoms with van der Waals surface area (Å²) in [5, 5.41) is 5.09. The van der Waals surface area contributed by atoms with E-state index in [1.54, 1.807) is 0 Å². The van der Waals surface area contributed by atoms with Gasteiger partial charge in [0.05, 0.1) is 16.7 Å². The van der Waals surface area contributed by atoms with E-state index in [4.69, 9.17) is 0 Å². The lowest BCUT2D eigenvalue weighted by atomic mass is 9.99. The van der Waals surface area contributed by atoms with Gasteiger partial charge in [0.25, 0.3) is 0 Å². The number of para-hydroxylation sites is 3. The van der Waals surface area contributed by atoms with Crippen molar-refractivity contribution in [3.05, 3.63) is 273 Å². The first-order chi connectivity index (χ1) is 35.7. The van der Waals surface area contributed by atoms with E-state index >= 15 is 0 Å².